The minimum Gasteiger partial charge on any atom is -0.496 e. The van der Waals surface area contributed by atoms with E-state index in [1.807, 2.05) is 18.2 Å². The van der Waals surface area contributed by atoms with Crippen molar-refractivity contribution < 1.29 is 4.74 Å². The minimum absolute atomic E-state index is 0.874. The SMILES string of the molecule is COc1cc2ccccc2cc1Br. The maximum absolute atomic E-state index is 5.21. The second kappa shape index (κ2) is 3.38. The van der Waals surface area contributed by atoms with Crippen LogP contribution in [0.3, 0.4) is 0 Å². The standard InChI is InChI=1S/C11H9BrO/c1-13-11-7-9-5-3-2-4-8(9)6-10(11)12/h2-7H,1H3. The average Bonchev–Trinajstić information content (AvgIpc) is 2.17. The molecule has 0 saturated carbocycles. The molecule has 0 saturated heterocycles. The van der Waals surface area contributed by atoms with Crippen LogP contribution in [0.2, 0.25) is 0 Å². The molecule has 0 aliphatic heterocycles. The largest absolute Gasteiger partial charge is 0.496 e. The molecule has 0 heterocycles. The number of rotatable bonds is 1. The molecule has 0 atom stereocenters. The summed E-state index contributed by atoms with van der Waals surface area (Å²) in [7, 11) is 1.68. The van der Waals surface area contributed by atoms with Gasteiger partial charge in [0, 0.05) is 0 Å². The third kappa shape index (κ3) is 1.54. The highest BCUT2D eigenvalue weighted by atomic mass is 79.9. The fourth-order valence-electron chi connectivity index (χ4n) is 1.35. The van der Waals surface area contributed by atoms with Gasteiger partial charge in [-0.25, -0.2) is 0 Å². The molecule has 0 amide bonds. The molecule has 0 aliphatic carbocycles. The van der Waals surface area contributed by atoms with Gasteiger partial charge in [-0.3, -0.25) is 0 Å². The molecular weight excluding hydrogens is 228 g/mol. The van der Waals surface area contributed by atoms with E-state index in [-0.39, 0.29) is 0 Å². The van der Waals surface area contributed by atoms with Crippen molar-refractivity contribution in [3.8, 4) is 5.75 Å². The van der Waals surface area contributed by atoms with E-state index in [0.29, 0.717) is 0 Å². The lowest BCUT2D eigenvalue weighted by Gasteiger charge is -2.04. The minimum atomic E-state index is 0.874. The number of halogens is 1. The molecule has 13 heavy (non-hydrogen) atoms. The Morgan fingerprint density at radius 2 is 1.69 bits per heavy atom. The number of hydrogen-bond acceptors (Lipinski definition) is 1. The number of methoxy groups -OCH3 is 1. The highest BCUT2D eigenvalue weighted by Gasteiger charge is 2.01. The second-order valence-electron chi connectivity index (χ2n) is 2.83. The van der Waals surface area contributed by atoms with E-state index in [4.69, 9.17) is 4.74 Å². The summed E-state index contributed by atoms with van der Waals surface area (Å²) in [5.41, 5.74) is 0. The molecule has 0 N–H and O–H groups in total. The van der Waals surface area contributed by atoms with Crippen LogP contribution in [0.15, 0.2) is 40.9 Å². The van der Waals surface area contributed by atoms with E-state index in [2.05, 4.69) is 34.1 Å². The summed E-state index contributed by atoms with van der Waals surface area (Å²) in [6, 6.07) is 12.3. The van der Waals surface area contributed by atoms with Crippen molar-refractivity contribution in [2.24, 2.45) is 0 Å². The van der Waals surface area contributed by atoms with Gasteiger partial charge in [0.25, 0.3) is 0 Å². The normalized spacial score (nSPS) is 10.3. The van der Waals surface area contributed by atoms with Crippen LogP contribution >= 0.6 is 15.9 Å². The van der Waals surface area contributed by atoms with Gasteiger partial charge in [0.05, 0.1) is 11.6 Å². The quantitative estimate of drug-likeness (QED) is 0.736. The molecular formula is C11H9BrO. The first-order chi connectivity index (χ1) is 6.31. The van der Waals surface area contributed by atoms with Gasteiger partial charge in [0.1, 0.15) is 5.75 Å². The predicted octanol–water partition coefficient (Wildman–Crippen LogP) is 3.61. The Balaban J connectivity index is 2.74. The van der Waals surface area contributed by atoms with E-state index in [1.54, 1.807) is 7.11 Å². The third-order valence-electron chi connectivity index (χ3n) is 2.02. The monoisotopic (exact) mass is 236 g/mol. The molecule has 0 aliphatic rings. The lowest BCUT2D eigenvalue weighted by molar-refractivity contribution is 0.413. The third-order valence-corrected chi connectivity index (χ3v) is 2.64. The maximum atomic E-state index is 5.21. The summed E-state index contributed by atoms with van der Waals surface area (Å²) < 4.78 is 6.20. The first-order valence-corrected chi connectivity index (χ1v) is 4.83. The van der Waals surface area contributed by atoms with Crippen LogP contribution in [-0.4, -0.2) is 7.11 Å². The van der Waals surface area contributed by atoms with Crippen LogP contribution in [0.1, 0.15) is 0 Å². The molecule has 0 radical (unpaired) electrons. The van der Waals surface area contributed by atoms with Gasteiger partial charge in [-0.1, -0.05) is 24.3 Å². The summed E-state index contributed by atoms with van der Waals surface area (Å²) in [6.45, 7) is 0. The van der Waals surface area contributed by atoms with Crippen LogP contribution in [0.25, 0.3) is 10.8 Å². The Morgan fingerprint density at radius 3 is 2.31 bits per heavy atom. The lowest BCUT2D eigenvalue weighted by Crippen LogP contribution is -1.84. The zero-order valence-electron chi connectivity index (χ0n) is 7.25. The fraction of sp³-hybridized carbons (Fsp3) is 0.0909. The van der Waals surface area contributed by atoms with E-state index in [0.717, 1.165) is 10.2 Å². The van der Waals surface area contributed by atoms with Gasteiger partial charge in [-0.15, -0.1) is 0 Å². The van der Waals surface area contributed by atoms with Crippen molar-refractivity contribution in [1.29, 1.82) is 0 Å². The Labute approximate surface area is 85.5 Å². The zero-order chi connectivity index (χ0) is 9.26. The van der Waals surface area contributed by atoms with Gasteiger partial charge < -0.3 is 4.74 Å². The Kier molecular flexibility index (Phi) is 2.23. The lowest BCUT2D eigenvalue weighted by atomic mass is 10.1. The Bertz CT molecular complexity index is 437. The number of fused-ring (bicyclic) bond motifs is 1. The second-order valence-corrected chi connectivity index (χ2v) is 3.69. The average molecular weight is 237 g/mol. The predicted molar refractivity (Wildman–Crippen MR) is 58.2 cm³/mol. The van der Waals surface area contributed by atoms with Crippen LogP contribution in [0.5, 0.6) is 5.75 Å². The number of hydrogen-bond donors (Lipinski definition) is 0. The van der Waals surface area contributed by atoms with Crippen molar-refractivity contribution in [2.45, 2.75) is 0 Å². The molecule has 2 heteroatoms. The van der Waals surface area contributed by atoms with E-state index >= 15 is 0 Å². The van der Waals surface area contributed by atoms with Crippen LogP contribution in [0, 0.1) is 0 Å². The molecule has 0 unspecified atom stereocenters. The number of ether oxygens (including phenoxy) is 1. The Morgan fingerprint density at radius 1 is 1.08 bits per heavy atom. The number of benzene rings is 2. The van der Waals surface area contributed by atoms with Crippen LogP contribution in [0.4, 0.5) is 0 Å². The highest BCUT2D eigenvalue weighted by Crippen LogP contribution is 2.29. The van der Waals surface area contributed by atoms with E-state index in [9.17, 15) is 0 Å². The fourth-order valence-corrected chi connectivity index (χ4v) is 1.87. The van der Waals surface area contributed by atoms with Crippen molar-refractivity contribution in [2.75, 3.05) is 7.11 Å². The van der Waals surface area contributed by atoms with Gasteiger partial charge in [0.15, 0.2) is 0 Å². The first kappa shape index (κ1) is 8.57. The summed E-state index contributed by atoms with van der Waals surface area (Å²) in [5, 5.41) is 2.41. The van der Waals surface area contributed by atoms with Gasteiger partial charge in [-0.2, -0.15) is 0 Å². The topological polar surface area (TPSA) is 9.23 Å². The summed E-state index contributed by atoms with van der Waals surface area (Å²) in [5.74, 6) is 0.874. The maximum Gasteiger partial charge on any atom is 0.133 e. The molecule has 2 rings (SSSR count). The Hall–Kier alpha value is -1.02. The molecule has 0 bridgehead atoms. The summed E-state index contributed by atoms with van der Waals surface area (Å²) in [4.78, 5) is 0. The zero-order valence-corrected chi connectivity index (χ0v) is 8.84. The van der Waals surface area contributed by atoms with Gasteiger partial charge in [0.2, 0.25) is 0 Å². The molecule has 2 aromatic rings. The summed E-state index contributed by atoms with van der Waals surface area (Å²) in [6.07, 6.45) is 0. The van der Waals surface area contributed by atoms with Crippen molar-refractivity contribution in [3.63, 3.8) is 0 Å². The van der Waals surface area contributed by atoms with Crippen LogP contribution in [-0.2, 0) is 0 Å². The van der Waals surface area contributed by atoms with Gasteiger partial charge >= 0.3 is 0 Å². The van der Waals surface area contributed by atoms with Crippen LogP contribution < -0.4 is 4.74 Å². The molecule has 66 valence electrons. The first-order valence-electron chi connectivity index (χ1n) is 4.03. The van der Waals surface area contributed by atoms with E-state index in [1.165, 1.54) is 10.8 Å². The molecule has 2 aromatic carbocycles. The van der Waals surface area contributed by atoms with Crippen molar-refractivity contribution >= 4 is 26.7 Å². The highest BCUT2D eigenvalue weighted by molar-refractivity contribution is 9.10. The molecule has 0 fully saturated rings. The molecule has 0 aromatic heterocycles. The van der Waals surface area contributed by atoms with E-state index < -0.39 is 0 Å². The van der Waals surface area contributed by atoms with Crippen molar-refractivity contribution in [1.82, 2.24) is 0 Å². The molecule has 0 spiro atoms. The smallest absolute Gasteiger partial charge is 0.133 e. The van der Waals surface area contributed by atoms with Gasteiger partial charge in [-0.05, 0) is 38.8 Å². The summed E-state index contributed by atoms with van der Waals surface area (Å²) >= 11 is 3.45. The van der Waals surface area contributed by atoms with Crippen molar-refractivity contribution in [3.05, 3.63) is 40.9 Å². The molecule has 1 nitrogen and oxygen atoms in total.